The predicted molar refractivity (Wildman–Crippen MR) is 71.8 cm³/mol. The van der Waals surface area contributed by atoms with Gasteiger partial charge in [-0.3, -0.25) is 0 Å². The van der Waals surface area contributed by atoms with Gasteiger partial charge in [-0.05, 0) is 37.5 Å². The molecule has 0 radical (unpaired) electrons. The fraction of sp³-hybridized carbons (Fsp3) is 0.357. The van der Waals surface area contributed by atoms with E-state index in [0.717, 1.165) is 16.9 Å². The number of aryl methyl sites for hydroxylation is 1. The number of benzene rings is 1. The lowest BCUT2D eigenvalue weighted by Gasteiger charge is -2.10. The van der Waals surface area contributed by atoms with E-state index < -0.39 is 0 Å². The molecule has 2 rings (SSSR count). The second-order valence-electron chi connectivity index (χ2n) is 4.60. The maximum atomic E-state index is 9.00. The summed E-state index contributed by atoms with van der Waals surface area (Å²) in [5.74, 6) is 0. The maximum absolute atomic E-state index is 9.00. The predicted octanol–water partition coefficient (Wildman–Crippen LogP) is 1.35. The molecule has 1 heterocycles. The van der Waals surface area contributed by atoms with Crippen molar-refractivity contribution in [1.82, 2.24) is 9.78 Å². The molecule has 4 heteroatoms. The van der Waals surface area contributed by atoms with E-state index in [1.807, 2.05) is 36.0 Å². The highest BCUT2D eigenvalue weighted by Gasteiger charge is 2.12. The largest absolute Gasteiger partial charge is 0.395 e. The zero-order valence-electron chi connectivity index (χ0n) is 10.8. The molecule has 0 spiro atoms. The van der Waals surface area contributed by atoms with Gasteiger partial charge in [0.25, 0.3) is 0 Å². The van der Waals surface area contributed by atoms with Gasteiger partial charge in [0.15, 0.2) is 0 Å². The van der Waals surface area contributed by atoms with Crippen molar-refractivity contribution in [3.63, 3.8) is 0 Å². The van der Waals surface area contributed by atoms with E-state index >= 15 is 0 Å². The Balaban J connectivity index is 2.34. The van der Waals surface area contributed by atoms with E-state index in [4.69, 9.17) is 10.8 Å². The Morgan fingerprint density at radius 2 is 2.06 bits per heavy atom. The van der Waals surface area contributed by atoms with E-state index in [9.17, 15) is 0 Å². The fourth-order valence-corrected chi connectivity index (χ4v) is 2.03. The van der Waals surface area contributed by atoms with Crippen LogP contribution in [0.2, 0.25) is 0 Å². The third kappa shape index (κ3) is 2.44. The molecule has 1 unspecified atom stereocenters. The first kappa shape index (κ1) is 12.8. The van der Waals surface area contributed by atoms with Crippen molar-refractivity contribution in [2.45, 2.75) is 26.3 Å². The summed E-state index contributed by atoms with van der Waals surface area (Å²) in [5.41, 5.74) is 10.2. The molecule has 0 aliphatic heterocycles. The molecule has 3 N–H and O–H groups in total. The van der Waals surface area contributed by atoms with Gasteiger partial charge in [0.2, 0.25) is 0 Å². The average Bonchev–Trinajstić information content (AvgIpc) is 2.72. The Morgan fingerprint density at radius 1 is 1.33 bits per heavy atom. The van der Waals surface area contributed by atoms with Crippen molar-refractivity contribution in [2.75, 3.05) is 6.61 Å². The molecule has 0 bridgehead atoms. The summed E-state index contributed by atoms with van der Waals surface area (Å²) in [6, 6.07) is 7.90. The summed E-state index contributed by atoms with van der Waals surface area (Å²) in [4.78, 5) is 0. The summed E-state index contributed by atoms with van der Waals surface area (Å²) >= 11 is 0. The molecule has 0 aliphatic carbocycles. The molecule has 4 nitrogen and oxygen atoms in total. The van der Waals surface area contributed by atoms with Gasteiger partial charge in [0.05, 0.1) is 18.5 Å². The molecule has 1 aromatic heterocycles. The summed E-state index contributed by atoms with van der Waals surface area (Å²) in [6.07, 6.45) is 2.48. The first-order valence-corrected chi connectivity index (χ1v) is 6.09. The van der Waals surface area contributed by atoms with Crippen LogP contribution in [0.25, 0.3) is 5.69 Å². The Morgan fingerprint density at radius 3 is 2.72 bits per heavy atom. The lowest BCUT2D eigenvalue weighted by molar-refractivity contribution is 0.265. The van der Waals surface area contributed by atoms with Crippen molar-refractivity contribution in [2.24, 2.45) is 5.73 Å². The molecule has 0 amide bonds. The van der Waals surface area contributed by atoms with Crippen molar-refractivity contribution in [1.29, 1.82) is 0 Å². The van der Waals surface area contributed by atoms with E-state index in [1.165, 1.54) is 5.56 Å². The highest BCUT2D eigenvalue weighted by Crippen LogP contribution is 2.18. The minimum Gasteiger partial charge on any atom is -0.395 e. The standard InChI is InChI=1S/C14H19N3O/c1-10-5-3-4-6-14(10)17-11(2)12(8-16-17)7-13(15)9-18/h3-6,8,13,18H,7,9,15H2,1-2H3. The van der Waals surface area contributed by atoms with Crippen LogP contribution in [-0.2, 0) is 6.42 Å². The number of para-hydroxylation sites is 1. The lowest BCUT2D eigenvalue weighted by Crippen LogP contribution is -2.27. The molecule has 2 aromatic rings. The van der Waals surface area contributed by atoms with Crippen LogP contribution in [-0.4, -0.2) is 27.5 Å². The van der Waals surface area contributed by atoms with Gasteiger partial charge in [0.1, 0.15) is 0 Å². The van der Waals surface area contributed by atoms with Crippen molar-refractivity contribution in [3.8, 4) is 5.69 Å². The van der Waals surface area contributed by atoms with Crippen molar-refractivity contribution >= 4 is 0 Å². The third-order valence-electron chi connectivity index (χ3n) is 3.17. The van der Waals surface area contributed by atoms with Crippen LogP contribution >= 0.6 is 0 Å². The molecule has 0 aliphatic rings. The normalized spacial score (nSPS) is 12.7. The molecule has 0 fully saturated rings. The number of rotatable bonds is 4. The molecule has 0 saturated carbocycles. The number of aromatic nitrogens is 2. The van der Waals surface area contributed by atoms with Crippen LogP contribution < -0.4 is 5.73 Å². The fourth-order valence-electron chi connectivity index (χ4n) is 2.03. The van der Waals surface area contributed by atoms with Gasteiger partial charge >= 0.3 is 0 Å². The molecular formula is C14H19N3O. The van der Waals surface area contributed by atoms with E-state index in [-0.39, 0.29) is 12.6 Å². The van der Waals surface area contributed by atoms with Gasteiger partial charge in [-0.25, -0.2) is 4.68 Å². The van der Waals surface area contributed by atoms with E-state index in [1.54, 1.807) is 0 Å². The highest BCUT2D eigenvalue weighted by molar-refractivity contribution is 5.41. The summed E-state index contributed by atoms with van der Waals surface area (Å²) in [5, 5.41) is 13.4. The van der Waals surface area contributed by atoms with Gasteiger partial charge in [-0.2, -0.15) is 5.10 Å². The third-order valence-corrected chi connectivity index (χ3v) is 3.17. The number of aliphatic hydroxyl groups excluding tert-OH is 1. The van der Waals surface area contributed by atoms with Crippen molar-refractivity contribution in [3.05, 3.63) is 47.3 Å². The van der Waals surface area contributed by atoms with Crippen LogP contribution in [0.15, 0.2) is 30.5 Å². The molecular weight excluding hydrogens is 226 g/mol. The first-order valence-electron chi connectivity index (χ1n) is 6.09. The van der Waals surface area contributed by atoms with Gasteiger partial charge in [-0.1, -0.05) is 18.2 Å². The summed E-state index contributed by atoms with van der Waals surface area (Å²) < 4.78 is 1.93. The molecule has 1 aromatic carbocycles. The Labute approximate surface area is 107 Å². The number of nitrogens with two attached hydrogens (primary N) is 1. The Hall–Kier alpha value is -1.65. The maximum Gasteiger partial charge on any atom is 0.0677 e. The van der Waals surface area contributed by atoms with Crippen LogP contribution in [0.5, 0.6) is 0 Å². The topological polar surface area (TPSA) is 64.1 Å². The zero-order valence-corrected chi connectivity index (χ0v) is 10.8. The van der Waals surface area contributed by atoms with Crippen LogP contribution in [0.3, 0.4) is 0 Å². The Kier molecular flexibility index (Phi) is 3.79. The second-order valence-corrected chi connectivity index (χ2v) is 4.60. The number of hydrogen-bond donors (Lipinski definition) is 2. The monoisotopic (exact) mass is 245 g/mol. The number of hydrogen-bond acceptors (Lipinski definition) is 3. The quantitative estimate of drug-likeness (QED) is 0.854. The van der Waals surface area contributed by atoms with Crippen LogP contribution in [0.1, 0.15) is 16.8 Å². The van der Waals surface area contributed by atoms with Gasteiger partial charge < -0.3 is 10.8 Å². The van der Waals surface area contributed by atoms with Gasteiger partial charge in [-0.15, -0.1) is 0 Å². The minimum atomic E-state index is -0.224. The van der Waals surface area contributed by atoms with Crippen LogP contribution in [0.4, 0.5) is 0 Å². The minimum absolute atomic E-state index is 0.00498. The zero-order chi connectivity index (χ0) is 13.1. The molecule has 18 heavy (non-hydrogen) atoms. The Bertz CT molecular complexity index is 534. The number of nitrogens with zero attached hydrogens (tertiary/aromatic N) is 2. The SMILES string of the molecule is Cc1ccccc1-n1ncc(CC(N)CO)c1C. The second kappa shape index (κ2) is 5.33. The lowest BCUT2D eigenvalue weighted by atomic mass is 10.1. The van der Waals surface area contributed by atoms with Crippen LogP contribution in [0, 0.1) is 13.8 Å². The average molecular weight is 245 g/mol. The summed E-state index contributed by atoms with van der Waals surface area (Å²) in [7, 11) is 0. The molecule has 1 atom stereocenters. The van der Waals surface area contributed by atoms with Crippen molar-refractivity contribution < 1.29 is 5.11 Å². The molecule has 0 saturated heterocycles. The summed E-state index contributed by atoms with van der Waals surface area (Å²) in [6.45, 7) is 4.09. The number of aliphatic hydroxyl groups is 1. The smallest absolute Gasteiger partial charge is 0.0677 e. The highest BCUT2D eigenvalue weighted by atomic mass is 16.3. The first-order chi connectivity index (χ1) is 8.63. The molecule has 96 valence electrons. The van der Waals surface area contributed by atoms with E-state index in [2.05, 4.69) is 18.1 Å². The van der Waals surface area contributed by atoms with Gasteiger partial charge in [0, 0.05) is 11.7 Å². The van der Waals surface area contributed by atoms with E-state index in [0.29, 0.717) is 6.42 Å².